The van der Waals surface area contributed by atoms with Crippen molar-refractivity contribution in [2.75, 3.05) is 53.6 Å². The van der Waals surface area contributed by atoms with Crippen LogP contribution in [0.25, 0.3) is 0 Å². The number of piperazine rings is 1. The zero-order chi connectivity index (χ0) is 27.8. The molecule has 1 saturated heterocycles. The van der Waals surface area contributed by atoms with Crippen molar-refractivity contribution in [1.82, 2.24) is 14.9 Å². The quantitative estimate of drug-likeness (QED) is 0.372. The smallest absolute Gasteiger partial charge is 0.263 e. The first-order valence-electron chi connectivity index (χ1n) is 13.7. The van der Waals surface area contributed by atoms with Gasteiger partial charge in [0.25, 0.3) is 11.5 Å². The number of hydrogen-bond acceptors (Lipinski definition) is 8. The minimum Gasteiger partial charge on any atom is -0.471 e. The van der Waals surface area contributed by atoms with Crippen LogP contribution in [0.2, 0.25) is 0 Å². The molecule has 11 nitrogen and oxygen atoms in total. The Balaban J connectivity index is 1.14. The molecule has 2 aromatic heterocycles. The number of H-pyrrole nitrogens is 1. The Kier molecular flexibility index (Phi) is 6.79. The van der Waals surface area contributed by atoms with E-state index in [0.29, 0.717) is 35.4 Å². The van der Waals surface area contributed by atoms with Crippen molar-refractivity contribution in [3.05, 3.63) is 64.2 Å². The van der Waals surface area contributed by atoms with Gasteiger partial charge < -0.3 is 35.5 Å². The largest absolute Gasteiger partial charge is 0.471 e. The van der Waals surface area contributed by atoms with Crippen molar-refractivity contribution in [2.24, 2.45) is 5.92 Å². The molecule has 1 aromatic carbocycles. The second-order valence-electron chi connectivity index (χ2n) is 10.6. The molecular weight excluding hydrogens is 510 g/mol. The summed E-state index contributed by atoms with van der Waals surface area (Å²) in [6, 6.07) is 9.19. The van der Waals surface area contributed by atoms with Gasteiger partial charge in [-0.2, -0.15) is 0 Å². The van der Waals surface area contributed by atoms with E-state index in [1.165, 1.54) is 6.20 Å². The Morgan fingerprint density at radius 2 is 1.80 bits per heavy atom. The number of nitrogens with zero attached hydrogens (tertiary/aromatic N) is 3. The third kappa shape index (κ3) is 5.18. The number of carbonyl (C=O) groups excluding carboxylic acids is 2. The zero-order valence-corrected chi connectivity index (χ0v) is 22.6. The fourth-order valence-corrected chi connectivity index (χ4v) is 5.16. The molecule has 1 unspecified atom stereocenters. The normalized spacial score (nSPS) is 18.3. The summed E-state index contributed by atoms with van der Waals surface area (Å²) in [5.41, 5.74) is 3.76. The second kappa shape index (κ2) is 10.6. The van der Waals surface area contributed by atoms with Gasteiger partial charge in [0.2, 0.25) is 11.8 Å². The van der Waals surface area contributed by atoms with E-state index < -0.39 is 11.5 Å². The van der Waals surface area contributed by atoms with Crippen molar-refractivity contribution in [3.63, 3.8) is 0 Å². The first kappa shape index (κ1) is 25.7. The second-order valence-corrected chi connectivity index (χ2v) is 10.6. The molecule has 11 heteroatoms. The molecule has 4 N–H and O–H groups in total. The maximum Gasteiger partial charge on any atom is 0.263 e. The number of carbonyl (C=O) groups is 2. The molecule has 208 valence electrons. The molecule has 2 fully saturated rings. The molecule has 1 atom stereocenters. The van der Waals surface area contributed by atoms with Crippen LogP contribution in [0.1, 0.15) is 35.7 Å². The Morgan fingerprint density at radius 1 is 1.05 bits per heavy atom. The SMILES string of the molecule is Cc1c(Nc2cc[nH]c(=O)c2C(=O)Nc2ccc(N3CCN(C(=O)C4CC4)CC3)cc2)cnc2c1NCC(C)O2. The minimum absolute atomic E-state index is 0.0168. The Bertz CT molecular complexity index is 1490. The molecule has 2 aliphatic heterocycles. The predicted molar refractivity (Wildman–Crippen MR) is 154 cm³/mol. The Labute approximate surface area is 231 Å². The summed E-state index contributed by atoms with van der Waals surface area (Å²) < 4.78 is 5.80. The number of amides is 2. The number of fused-ring (bicyclic) bond motifs is 1. The van der Waals surface area contributed by atoms with Gasteiger partial charge in [-0.05, 0) is 57.0 Å². The summed E-state index contributed by atoms with van der Waals surface area (Å²) in [6.07, 6.45) is 5.20. The minimum atomic E-state index is -0.525. The van der Waals surface area contributed by atoms with Gasteiger partial charge in [-0.3, -0.25) is 14.4 Å². The molecule has 1 aliphatic carbocycles. The summed E-state index contributed by atoms with van der Waals surface area (Å²) in [4.78, 5) is 49.6. The summed E-state index contributed by atoms with van der Waals surface area (Å²) in [5, 5.41) is 9.39. The van der Waals surface area contributed by atoms with E-state index in [2.05, 4.69) is 30.8 Å². The molecular formula is C29H33N7O4. The summed E-state index contributed by atoms with van der Waals surface area (Å²) in [7, 11) is 0. The number of pyridine rings is 2. The van der Waals surface area contributed by atoms with E-state index in [9.17, 15) is 14.4 Å². The number of hydrogen-bond donors (Lipinski definition) is 4. The number of benzene rings is 1. The van der Waals surface area contributed by atoms with E-state index >= 15 is 0 Å². The third-order valence-corrected chi connectivity index (χ3v) is 7.65. The van der Waals surface area contributed by atoms with Crippen molar-refractivity contribution in [1.29, 1.82) is 0 Å². The van der Waals surface area contributed by atoms with Crippen molar-refractivity contribution < 1.29 is 14.3 Å². The highest BCUT2D eigenvalue weighted by molar-refractivity contribution is 6.08. The fraction of sp³-hybridized carbons (Fsp3) is 0.379. The first-order valence-corrected chi connectivity index (χ1v) is 13.7. The van der Waals surface area contributed by atoms with Crippen molar-refractivity contribution in [2.45, 2.75) is 32.8 Å². The molecule has 40 heavy (non-hydrogen) atoms. The van der Waals surface area contributed by atoms with Crippen LogP contribution in [0, 0.1) is 12.8 Å². The van der Waals surface area contributed by atoms with Gasteiger partial charge in [-0.15, -0.1) is 0 Å². The average Bonchev–Trinajstić information content (AvgIpc) is 3.80. The topological polar surface area (TPSA) is 132 Å². The van der Waals surface area contributed by atoms with E-state index in [1.54, 1.807) is 12.3 Å². The molecule has 4 heterocycles. The number of aromatic nitrogens is 2. The number of aromatic amines is 1. The van der Waals surface area contributed by atoms with E-state index in [-0.39, 0.29) is 17.6 Å². The van der Waals surface area contributed by atoms with Crippen LogP contribution >= 0.6 is 0 Å². The number of anilines is 5. The van der Waals surface area contributed by atoms with Crippen LogP contribution in [0.5, 0.6) is 5.88 Å². The van der Waals surface area contributed by atoms with Crippen LogP contribution in [0.4, 0.5) is 28.4 Å². The van der Waals surface area contributed by atoms with Crippen LogP contribution < -0.4 is 31.1 Å². The summed E-state index contributed by atoms with van der Waals surface area (Å²) >= 11 is 0. The molecule has 0 bridgehead atoms. The molecule has 0 spiro atoms. The average molecular weight is 544 g/mol. The van der Waals surface area contributed by atoms with Crippen molar-refractivity contribution in [3.8, 4) is 5.88 Å². The highest BCUT2D eigenvalue weighted by Crippen LogP contribution is 2.35. The van der Waals surface area contributed by atoms with Crippen LogP contribution in [0.3, 0.4) is 0 Å². The predicted octanol–water partition coefficient (Wildman–Crippen LogP) is 3.33. The fourth-order valence-electron chi connectivity index (χ4n) is 5.16. The van der Waals surface area contributed by atoms with Crippen LogP contribution in [-0.4, -0.2) is 65.5 Å². The van der Waals surface area contributed by atoms with Crippen LogP contribution in [0.15, 0.2) is 47.5 Å². The molecule has 0 radical (unpaired) electrons. The number of rotatable bonds is 6. The Hall–Kier alpha value is -4.54. The van der Waals surface area contributed by atoms with Gasteiger partial charge in [-0.25, -0.2) is 4.98 Å². The van der Waals surface area contributed by atoms with Crippen LogP contribution in [-0.2, 0) is 4.79 Å². The molecule has 3 aliphatic rings. The van der Waals surface area contributed by atoms with Gasteiger partial charge in [-0.1, -0.05) is 0 Å². The lowest BCUT2D eigenvalue weighted by Crippen LogP contribution is -2.49. The summed E-state index contributed by atoms with van der Waals surface area (Å²) in [5.74, 6) is 0.544. The summed E-state index contributed by atoms with van der Waals surface area (Å²) in [6.45, 7) is 7.55. The first-order chi connectivity index (χ1) is 19.4. The van der Waals surface area contributed by atoms with Gasteiger partial charge in [0.1, 0.15) is 17.4 Å². The lowest BCUT2D eigenvalue weighted by Gasteiger charge is -2.36. The molecule has 2 amide bonds. The monoisotopic (exact) mass is 543 g/mol. The maximum atomic E-state index is 13.3. The zero-order valence-electron chi connectivity index (χ0n) is 22.6. The van der Waals surface area contributed by atoms with Gasteiger partial charge in [0.05, 0.1) is 24.1 Å². The maximum absolute atomic E-state index is 13.3. The molecule has 3 aromatic rings. The lowest BCUT2D eigenvalue weighted by atomic mass is 10.1. The van der Waals surface area contributed by atoms with Gasteiger partial charge in [0.15, 0.2) is 0 Å². The van der Waals surface area contributed by atoms with Gasteiger partial charge >= 0.3 is 0 Å². The Morgan fingerprint density at radius 3 is 2.52 bits per heavy atom. The molecule has 1 saturated carbocycles. The van der Waals surface area contributed by atoms with Gasteiger partial charge in [0, 0.05) is 55.2 Å². The van der Waals surface area contributed by atoms with Crippen molar-refractivity contribution >= 4 is 40.3 Å². The van der Waals surface area contributed by atoms with E-state index in [0.717, 1.165) is 56.0 Å². The highest BCUT2D eigenvalue weighted by atomic mass is 16.5. The number of ether oxygens (including phenoxy) is 1. The molecule has 6 rings (SSSR count). The number of nitrogens with one attached hydrogen (secondary N) is 4. The third-order valence-electron chi connectivity index (χ3n) is 7.65. The lowest BCUT2D eigenvalue weighted by molar-refractivity contribution is -0.132. The standard InChI is InChI=1S/C29H33N7O4/c1-17-15-31-25-18(2)23(16-32-28(25)40-17)34-22-9-10-30-26(37)24(22)27(38)33-20-5-7-21(8-6-20)35-11-13-36(14-12-35)29(39)19-3-4-19/h5-10,16-17,19,31H,3-4,11-15H2,1-2H3,(H,33,38)(H2,30,34,37). The van der Waals surface area contributed by atoms with E-state index in [1.807, 2.05) is 43.0 Å². The van der Waals surface area contributed by atoms with E-state index in [4.69, 9.17) is 4.74 Å². The highest BCUT2D eigenvalue weighted by Gasteiger charge is 2.34.